The molecular weight excluding hydrogens is 234 g/mol. The van der Waals surface area contributed by atoms with Crippen LogP contribution in [0.1, 0.15) is 11.1 Å². The minimum Gasteiger partial charge on any atom is -0.396 e. The van der Waals surface area contributed by atoms with Gasteiger partial charge < -0.3 is 10.6 Å². The van der Waals surface area contributed by atoms with Crippen LogP contribution in [0.2, 0.25) is 5.02 Å². The number of anilines is 2. The predicted octanol–water partition coefficient (Wildman–Crippen LogP) is 2.84. The second-order valence-electron chi connectivity index (χ2n) is 4.19. The lowest BCUT2D eigenvalue weighted by atomic mass is 10.1. The van der Waals surface area contributed by atoms with Crippen molar-refractivity contribution in [3.63, 3.8) is 0 Å². The molecule has 0 fully saturated rings. The number of fused-ring (bicyclic) bond motifs is 1. The fraction of sp³-hybridized carbons (Fsp3) is 0.154. The monoisotopic (exact) mass is 245 g/mol. The van der Waals surface area contributed by atoms with Crippen molar-refractivity contribution in [3.05, 3.63) is 52.7 Å². The van der Waals surface area contributed by atoms with Gasteiger partial charge in [-0.05, 0) is 17.2 Å². The van der Waals surface area contributed by atoms with Crippen LogP contribution in [-0.2, 0) is 13.1 Å². The Balaban J connectivity index is 1.94. The van der Waals surface area contributed by atoms with E-state index in [0.717, 1.165) is 18.9 Å². The summed E-state index contributed by atoms with van der Waals surface area (Å²) in [6, 6.07) is 10.1. The molecule has 0 aliphatic carbocycles. The maximum atomic E-state index is 5.95. The molecule has 17 heavy (non-hydrogen) atoms. The maximum Gasteiger partial charge on any atom is 0.152 e. The van der Waals surface area contributed by atoms with Crippen LogP contribution in [0.3, 0.4) is 0 Å². The number of aromatic nitrogens is 1. The van der Waals surface area contributed by atoms with Crippen LogP contribution in [-0.4, -0.2) is 4.98 Å². The summed E-state index contributed by atoms with van der Waals surface area (Å²) in [4.78, 5) is 6.47. The van der Waals surface area contributed by atoms with E-state index in [2.05, 4.69) is 34.1 Å². The van der Waals surface area contributed by atoms with E-state index in [1.807, 2.05) is 0 Å². The third kappa shape index (κ3) is 1.83. The molecule has 0 atom stereocenters. The Morgan fingerprint density at radius 1 is 1.18 bits per heavy atom. The van der Waals surface area contributed by atoms with Crippen molar-refractivity contribution in [2.75, 3.05) is 10.6 Å². The van der Waals surface area contributed by atoms with Crippen molar-refractivity contribution in [2.45, 2.75) is 13.1 Å². The number of hydrogen-bond donors (Lipinski definition) is 1. The Bertz CT molecular complexity index is 543. The first kappa shape index (κ1) is 10.4. The summed E-state index contributed by atoms with van der Waals surface area (Å²) < 4.78 is 0. The van der Waals surface area contributed by atoms with Gasteiger partial charge >= 0.3 is 0 Å². The molecular formula is C13H12ClN3. The fourth-order valence-corrected chi connectivity index (χ4v) is 2.36. The van der Waals surface area contributed by atoms with E-state index in [9.17, 15) is 0 Å². The molecule has 0 amide bonds. The van der Waals surface area contributed by atoms with Gasteiger partial charge in [-0.3, -0.25) is 0 Å². The number of benzene rings is 1. The van der Waals surface area contributed by atoms with E-state index in [-0.39, 0.29) is 0 Å². The van der Waals surface area contributed by atoms with Crippen LogP contribution in [0.5, 0.6) is 0 Å². The summed E-state index contributed by atoms with van der Waals surface area (Å²) in [7, 11) is 0. The van der Waals surface area contributed by atoms with Crippen LogP contribution in [0.15, 0.2) is 36.5 Å². The minimum atomic E-state index is 0.572. The molecule has 2 aromatic rings. The summed E-state index contributed by atoms with van der Waals surface area (Å²) in [6.07, 6.45) is 1.64. The van der Waals surface area contributed by atoms with Gasteiger partial charge in [0.15, 0.2) is 5.82 Å². The highest BCUT2D eigenvalue weighted by molar-refractivity contribution is 6.30. The molecule has 1 aliphatic heterocycles. The Kier molecular flexibility index (Phi) is 2.41. The number of pyridine rings is 1. The second-order valence-corrected chi connectivity index (χ2v) is 4.63. The van der Waals surface area contributed by atoms with Gasteiger partial charge in [0, 0.05) is 19.3 Å². The van der Waals surface area contributed by atoms with Gasteiger partial charge in [-0.1, -0.05) is 35.9 Å². The smallest absolute Gasteiger partial charge is 0.152 e. The van der Waals surface area contributed by atoms with Crippen molar-refractivity contribution in [1.29, 1.82) is 0 Å². The van der Waals surface area contributed by atoms with Crippen LogP contribution in [0.4, 0.5) is 11.5 Å². The largest absolute Gasteiger partial charge is 0.396 e. The van der Waals surface area contributed by atoms with E-state index in [4.69, 9.17) is 17.3 Å². The molecule has 2 N–H and O–H groups in total. The molecule has 0 radical (unpaired) electrons. The number of halogens is 1. The van der Waals surface area contributed by atoms with Gasteiger partial charge in [0.05, 0.1) is 10.7 Å². The molecule has 4 heteroatoms. The van der Waals surface area contributed by atoms with Crippen LogP contribution in [0.25, 0.3) is 0 Å². The van der Waals surface area contributed by atoms with Crippen LogP contribution in [0, 0.1) is 0 Å². The second kappa shape index (κ2) is 3.93. The Hall–Kier alpha value is -1.74. The average molecular weight is 246 g/mol. The molecule has 0 bridgehead atoms. The van der Waals surface area contributed by atoms with Crippen LogP contribution >= 0.6 is 11.6 Å². The fourth-order valence-electron chi connectivity index (χ4n) is 2.19. The first-order valence-electron chi connectivity index (χ1n) is 5.47. The first-order valence-corrected chi connectivity index (χ1v) is 5.84. The average Bonchev–Trinajstić information content (AvgIpc) is 2.72. The molecule has 0 spiro atoms. The summed E-state index contributed by atoms with van der Waals surface area (Å²) in [6.45, 7) is 1.71. The Morgan fingerprint density at radius 3 is 2.41 bits per heavy atom. The quantitative estimate of drug-likeness (QED) is 0.840. The van der Waals surface area contributed by atoms with Crippen molar-refractivity contribution in [2.24, 2.45) is 0 Å². The summed E-state index contributed by atoms with van der Waals surface area (Å²) in [5.74, 6) is 0.811. The topological polar surface area (TPSA) is 42.1 Å². The lowest BCUT2D eigenvalue weighted by molar-refractivity contribution is 0.859. The van der Waals surface area contributed by atoms with Gasteiger partial charge in [-0.15, -0.1) is 0 Å². The minimum absolute atomic E-state index is 0.572. The van der Waals surface area contributed by atoms with Gasteiger partial charge in [-0.2, -0.15) is 0 Å². The third-order valence-electron chi connectivity index (χ3n) is 3.00. The van der Waals surface area contributed by atoms with Gasteiger partial charge in [0.25, 0.3) is 0 Å². The molecule has 3 rings (SSSR count). The molecule has 3 nitrogen and oxygen atoms in total. The first-order chi connectivity index (χ1) is 8.24. The summed E-state index contributed by atoms with van der Waals surface area (Å²) in [5, 5.41) is 0.572. The van der Waals surface area contributed by atoms with Gasteiger partial charge in [0.1, 0.15) is 0 Å². The zero-order valence-electron chi connectivity index (χ0n) is 9.23. The van der Waals surface area contributed by atoms with Crippen molar-refractivity contribution >= 4 is 23.1 Å². The maximum absolute atomic E-state index is 5.95. The van der Waals surface area contributed by atoms with E-state index in [0.29, 0.717) is 10.7 Å². The number of hydrogen-bond acceptors (Lipinski definition) is 3. The molecule has 1 aliphatic rings. The van der Waals surface area contributed by atoms with Gasteiger partial charge in [0.2, 0.25) is 0 Å². The molecule has 1 aromatic heterocycles. The van der Waals surface area contributed by atoms with E-state index in [1.54, 1.807) is 12.3 Å². The van der Waals surface area contributed by atoms with Crippen molar-refractivity contribution < 1.29 is 0 Å². The van der Waals surface area contributed by atoms with Crippen LogP contribution < -0.4 is 10.6 Å². The zero-order chi connectivity index (χ0) is 11.8. The third-order valence-corrected chi connectivity index (χ3v) is 3.21. The molecule has 0 saturated heterocycles. The standard InChI is InChI=1S/C13H12ClN3/c14-11-5-12(15)13(16-6-11)17-7-9-3-1-2-4-10(9)8-17/h1-6H,7-8,15H2. The van der Waals surface area contributed by atoms with Gasteiger partial charge in [-0.25, -0.2) is 4.98 Å². The highest BCUT2D eigenvalue weighted by Gasteiger charge is 2.21. The number of nitrogens with two attached hydrogens (primary N) is 1. The summed E-state index contributed by atoms with van der Waals surface area (Å²) >= 11 is 5.85. The van der Waals surface area contributed by atoms with E-state index in [1.165, 1.54) is 11.1 Å². The number of nitrogens with zero attached hydrogens (tertiary/aromatic N) is 2. The van der Waals surface area contributed by atoms with E-state index >= 15 is 0 Å². The van der Waals surface area contributed by atoms with E-state index < -0.39 is 0 Å². The lowest BCUT2D eigenvalue weighted by Gasteiger charge is -2.18. The lowest BCUT2D eigenvalue weighted by Crippen LogP contribution is -2.17. The molecule has 2 heterocycles. The number of nitrogen functional groups attached to an aromatic ring is 1. The van der Waals surface area contributed by atoms with Crippen molar-refractivity contribution in [1.82, 2.24) is 4.98 Å². The molecule has 1 aromatic carbocycles. The Labute approximate surface area is 105 Å². The molecule has 86 valence electrons. The predicted molar refractivity (Wildman–Crippen MR) is 70.0 cm³/mol. The summed E-state index contributed by atoms with van der Waals surface area (Å²) in [5.41, 5.74) is 9.25. The molecule has 0 saturated carbocycles. The SMILES string of the molecule is Nc1cc(Cl)cnc1N1Cc2ccccc2C1. The molecule has 0 unspecified atom stereocenters. The highest BCUT2D eigenvalue weighted by atomic mass is 35.5. The zero-order valence-corrected chi connectivity index (χ0v) is 9.98. The Morgan fingerprint density at radius 2 is 1.82 bits per heavy atom. The highest BCUT2D eigenvalue weighted by Crippen LogP contribution is 2.31. The normalized spacial score (nSPS) is 13.8. The number of rotatable bonds is 1. The van der Waals surface area contributed by atoms with Crippen molar-refractivity contribution in [3.8, 4) is 0 Å².